The second kappa shape index (κ2) is 4.40. The van der Waals surface area contributed by atoms with Gasteiger partial charge in [0.1, 0.15) is 0 Å². The van der Waals surface area contributed by atoms with Crippen LogP contribution in [0.4, 0.5) is 13.2 Å². The molecule has 0 spiro atoms. The van der Waals surface area contributed by atoms with Gasteiger partial charge in [-0.05, 0) is 12.8 Å². The molecule has 1 N–H and O–H groups in total. The number of aliphatic hydroxyl groups is 1. The zero-order valence-electron chi connectivity index (χ0n) is 9.12. The first-order valence-electron chi connectivity index (χ1n) is 4.82. The first-order chi connectivity index (χ1) is 7.23. The molecule has 1 rings (SSSR count). The molecule has 0 aliphatic heterocycles. The minimum Gasteiger partial charge on any atom is -0.393 e. The van der Waals surface area contributed by atoms with Crippen molar-refractivity contribution in [3.63, 3.8) is 0 Å². The molecule has 7 heteroatoms. The molecular weight excluding hydrogens is 225 g/mol. The highest BCUT2D eigenvalue weighted by Gasteiger charge is 2.39. The van der Waals surface area contributed by atoms with Crippen molar-refractivity contribution >= 4 is 0 Å². The average Bonchev–Trinajstić information content (AvgIpc) is 2.50. The molecule has 0 radical (unpaired) electrons. The molecule has 1 aromatic heterocycles. The van der Waals surface area contributed by atoms with E-state index in [0.717, 1.165) is 0 Å². The van der Waals surface area contributed by atoms with Crippen molar-refractivity contribution in [2.45, 2.75) is 39.0 Å². The van der Waals surface area contributed by atoms with E-state index in [0.29, 0.717) is 0 Å². The Morgan fingerprint density at radius 2 is 1.81 bits per heavy atom. The first-order valence-corrected chi connectivity index (χ1v) is 4.82. The number of hydrogen-bond donors (Lipinski definition) is 1. The van der Waals surface area contributed by atoms with Crippen LogP contribution in [-0.2, 0) is 6.18 Å². The van der Waals surface area contributed by atoms with Crippen LogP contribution >= 0.6 is 0 Å². The van der Waals surface area contributed by atoms with Crippen LogP contribution in [0.2, 0.25) is 0 Å². The van der Waals surface area contributed by atoms with Crippen LogP contribution in [0.3, 0.4) is 0 Å². The molecule has 0 amide bonds. The third kappa shape index (κ3) is 2.72. The van der Waals surface area contributed by atoms with Crippen molar-refractivity contribution < 1.29 is 22.8 Å². The summed E-state index contributed by atoms with van der Waals surface area (Å²) in [5, 5.41) is 12.3. The van der Waals surface area contributed by atoms with Gasteiger partial charge in [0.2, 0.25) is 5.89 Å². The number of alkyl halides is 3. The SMILES string of the molecule is CC(C)C(c1nc(C(F)(F)F)no1)C(C)O. The first kappa shape index (κ1) is 13.0. The van der Waals surface area contributed by atoms with Gasteiger partial charge < -0.3 is 9.63 Å². The summed E-state index contributed by atoms with van der Waals surface area (Å²) >= 11 is 0. The second-order valence-electron chi connectivity index (χ2n) is 3.96. The fourth-order valence-corrected chi connectivity index (χ4v) is 1.53. The Morgan fingerprint density at radius 1 is 1.25 bits per heavy atom. The van der Waals surface area contributed by atoms with E-state index in [2.05, 4.69) is 14.7 Å². The van der Waals surface area contributed by atoms with Crippen LogP contribution in [0.25, 0.3) is 0 Å². The van der Waals surface area contributed by atoms with E-state index in [1.54, 1.807) is 13.8 Å². The van der Waals surface area contributed by atoms with E-state index in [9.17, 15) is 18.3 Å². The largest absolute Gasteiger partial charge is 0.455 e. The van der Waals surface area contributed by atoms with Crippen LogP contribution in [0.15, 0.2) is 4.52 Å². The van der Waals surface area contributed by atoms with Gasteiger partial charge in [-0.15, -0.1) is 0 Å². The molecule has 1 heterocycles. The predicted octanol–water partition coefficient (Wildman–Crippen LogP) is 2.21. The van der Waals surface area contributed by atoms with E-state index >= 15 is 0 Å². The normalized spacial score (nSPS) is 16.5. The van der Waals surface area contributed by atoms with Crippen molar-refractivity contribution in [2.75, 3.05) is 0 Å². The van der Waals surface area contributed by atoms with E-state index in [1.807, 2.05) is 0 Å². The fraction of sp³-hybridized carbons (Fsp3) is 0.778. The van der Waals surface area contributed by atoms with Crippen molar-refractivity contribution in [3.8, 4) is 0 Å². The van der Waals surface area contributed by atoms with Crippen LogP contribution < -0.4 is 0 Å². The zero-order chi connectivity index (χ0) is 12.5. The number of nitrogens with zero attached hydrogens (tertiary/aromatic N) is 2. The molecule has 0 aliphatic rings. The molecule has 92 valence electrons. The van der Waals surface area contributed by atoms with Crippen LogP contribution in [0, 0.1) is 5.92 Å². The molecule has 2 atom stereocenters. The Bertz CT molecular complexity index is 339. The number of halogens is 3. The van der Waals surface area contributed by atoms with E-state index in [1.165, 1.54) is 6.92 Å². The smallest absolute Gasteiger partial charge is 0.393 e. The summed E-state index contributed by atoms with van der Waals surface area (Å²) in [4.78, 5) is 3.26. The van der Waals surface area contributed by atoms with Gasteiger partial charge in [0.05, 0.1) is 12.0 Å². The van der Waals surface area contributed by atoms with Crippen molar-refractivity contribution in [3.05, 3.63) is 11.7 Å². The van der Waals surface area contributed by atoms with Gasteiger partial charge in [0.15, 0.2) is 0 Å². The van der Waals surface area contributed by atoms with Crippen LogP contribution in [0.1, 0.15) is 38.4 Å². The highest BCUT2D eigenvalue weighted by molar-refractivity contribution is 4.99. The van der Waals surface area contributed by atoms with Crippen molar-refractivity contribution in [1.82, 2.24) is 10.1 Å². The lowest BCUT2D eigenvalue weighted by Crippen LogP contribution is -2.20. The van der Waals surface area contributed by atoms with Gasteiger partial charge in [-0.1, -0.05) is 19.0 Å². The molecule has 0 fully saturated rings. The van der Waals surface area contributed by atoms with Crippen LogP contribution in [-0.4, -0.2) is 21.4 Å². The predicted molar refractivity (Wildman–Crippen MR) is 48.6 cm³/mol. The summed E-state index contributed by atoms with van der Waals surface area (Å²) in [6, 6.07) is 0. The van der Waals surface area contributed by atoms with Gasteiger partial charge in [0, 0.05) is 0 Å². The Hall–Kier alpha value is -1.11. The lowest BCUT2D eigenvalue weighted by molar-refractivity contribution is -0.146. The molecule has 0 saturated heterocycles. The van der Waals surface area contributed by atoms with Gasteiger partial charge in [-0.2, -0.15) is 18.2 Å². The Morgan fingerprint density at radius 3 is 2.12 bits per heavy atom. The highest BCUT2D eigenvalue weighted by atomic mass is 19.4. The summed E-state index contributed by atoms with van der Waals surface area (Å²) in [6.45, 7) is 4.99. The lowest BCUT2D eigenvalue weighted by atomic mass is 9.91. The number of aliphatic hydroxyl groups excluding tert-OH is 1. The molecular formula is C9H13F3N2O2. The zero-order valence-corrected chi connectivity index (χ0v) is 9.12. The minimum absolute atomic E-state index is 0.0958. The minimum atomic E-state index is -4.62. The van der Waals surface area contributed by atoms with E-state index < -0.39 is 24.0 Å². The molecule has 1 aromatic rings. The topological polar surface area (TPSA) is 59.2 Å². The molecule has 0 saturated carbocycles. The Balaban J connectivity index is 3.00. The van der Waals surface area contributed by atoms with Gasteiger partial charge in [-0.3, -0.25) is 0 Å². The van der Waals surface area contributed by atoms with Crippen molar-refractivity contribution in [1.29, 1.82) is 0 Å². The van der Waals surface area contributed by atoms with Gasteiger partial charge in [0.25, 0.3) is 5.82 Å². The lowest BCUT2D eigenvalue weighted by Gasteiger charge is -2.19. The fourth-order valence-electron chi connectivity index (χ4n) is 1.53. The maximum absolute atomic E-state index is 12.2. The van der Waals surface area contributed by atoms with E-state index in [-0.39, 0.29) is 11.8 Å². The molecule has 2 unspecified atom stereocenters. The summed E-state index contributed by atoms with van der Waals surface area (Å²) in [5.74, 6) is -2.18. The molecule has 0 aromatic carbocycles. The van der Waals surface area contributed by atoms with E-state index in [4.69, 9.17) is 0 Å². The molecule has 4 nitrogen and oxygen atoms in total. The maximum Gasteiger partial charge on any atom is 0.455 e. The quantitative estimate of drug-likeness (QED) is 0.877. The highest BCUT2D eigenvalue weighted by Crippen LogP contribution is 2.31. The van der Waals surface area contributed by atoms with Crippen LogP contribution in [0.5, 0.6) is 0 Å². The molecule has 0 bridgehead atoms. The number of hydrogen-bond acceptors (Lipinski definition) is 4. The Labute approximate surface area is 90.5 Å². The van der Waals surface area contributed by atoms with Crippen molar-refractivity contribution in [2.24, 2.45) is 5.92 Å². The monoisotopic (exact) mass is 238 g/mol. The van der Waals surface area contributed by atoms with Gasteiger partial charge in [-0.25, -0.2) is 0 Å². The third-order valence-electron chi connectivity index (χ3n) is 2.22. The molecule has 0 aliphatic carbocycles. The number of aromatic nitrogens is 2. The summed E-state index contributed by atoms with van der Waals surface area (Å²) < 4.78 is 41.2. The summed E-state index contributed by atoms with van der Waals surface area (Å²) in [5.41, 5.74) is 0. The maximum atomic E-state index is 12.2. The Kier molecular flexibility index (Phi) is 3.57. The standard InChI is InChI=1S/C9H13F3N2O2/c1-4(2)6(5(3)15)7-13-8(14-16-7)9(10,11)12/h4-6,15H,1-3H3. The second-order valence-corrected chi connectivity index (χ2v) is 3.96. The summed E-state index contributed by atoms with van der Waals surface area (Å²) in [7, 11) is 0. The third-order valence-corrected chi connectivity index (χ3v) is 2.22. The number of rotatable bonds is 3. The van der Waals surface area contributed by atoms with Gasteiger partial charge >= 0.3 is 6.18 Å². The molecule has 16 heavy (non-hydrogen) atoms. The summed E-state index contributed by atoms with van der Waals surface area (Å²) in [6.07, 6.45) is -5.47. The average molecular weight is 238 g/mol.